The van der Waals surface area contributed by atoms with Gasteiger partial charge in [0.25, 0.3) is 17.2 Å². The first-order valence-corrected chi connectivity index (χ1v) is 9.05. The number of rotatable bonds is 6. The summed E-state index contributed by atoms with van der Waals surface area (Å²) >= 11 is 0. The average molecular weight is 393 g/mol. The summed E-state index contributed by atoms with van der Waals surface area (Å²) in [7, 11) is 1.56. The van der Waals surface area contributed by atoms with Gasteiger partial charge in [-0.15, -0.1) is 0 Å². The number of para-hydroxylation sites is 1. The van der Waals surface area contributed by atoms with Crippen LogP contribution in [0.15, 0.2) is 45.8 Å². The zero-order valence-corrected chi connectivity index (χ0v) is 16.0. The third-order valence-electron chi connectivity index (χ3n) is 4.61. The molecular weight excluding hydrogens is 374 g/mol. The average Bonchev–Trinajstić information content (AvgIpc) is 3.11. The molecule has 3 aromatic heterocycles. The Morgan fingerprint density at radius 1 is 1.28 bits per heavy atom. The van der Waals surface area contributed by atoms with Crippen molar-refractivity contribution in [3.63, 3.8) is 0 Å². The van der Waals surface area contributed by atoms with Gasteiger partial charge in [-0.2, -0.15) is 0 Å². The predicted octanol–water partition coefficient (Wildman–Crippen LogP) is 2.06. The van der Waals surface area contributed by atoms with Gasteiger partial charge < -0.3 is 19.1 Å². The molecule has 9 heteroatoms. The SMILES string of the molecule is COCCN(Cc1nc2ccccc2c(=O)[nH]1)C(=O)c1cnc2onc(C)c2c1. The van der Waals surface area contributed by atoms with E-state index in [2.05, 4.69) is 20.1 Å². The molecule has 0 saturated carbocycles. The molecular formula is C20H19N5O4. The van der Waals surface area contributed by atoms with Crippen molar-refractivity contribution >= 4 is 27.9 Å². The Balaban J connectivity index is 1.67. The molecule has 0 radical (unpaired) electrons. The number of fused-ring (bicyclic) bond motifs is 2. The maximum absolute atomic E-state index is 13.1. The standard InChI is InChI=1S/C20H19N5O4/c1-12-15-9-13(10-21-19(15)29-24-12)20(27)25(7-8-28-2)11-17-22-16-6-4-3-5-14(16)18(26)23-17/h3-6,9-10H,7-8,11H2,1-2H3,(H,22,23,26). The van der Waals surface area contributed by atoms with Crippen molar-refractivity contribution in [1.82, 2.24) is 25.0 Å². The van der Waals surface area contributed by atoms with E-state index in [0.717, 1.165) is 0 Å². The third-order valence-corrected chi connectivity index (χ3v) is 4.61. The minimum absolute atomic E-state index is 0.128. The van der Waals surface area contributed by atoms with Crippen molar-refractivity contribution in [1.29, 1.82) is 0 Å². The van der Waals surface area contributed by atoms with Crippen molar-refractivity contribution in [3.05, 3.63) is 64.0 Å². The second-order valence-corrected chi connectivity index (χ2v) is 6.59. The lowest BCUT2D eigenvalue weighted by Gasteiger charge is -2.22. The van der Waals surface area contributed by atoms with Gasteiger partial charge in [0, 0.05) is 19.9 Å². The van der Waals surface area contributed by atoms with Crippen LogP contribution in [0, 0.1) is 6.92 Å². The summed E-state index contributed by atoms with van der Waals surface area (Å²) in [4.78, 5) is 38.4. The van der Waals surface area contributed by atoms with Gasteiger partial charge in [0.1, 0.15) is 5.82 Å². The largest absolute Gasteiger partial charge is 0.383 e. The normalized spacial score (nSPS) is 11.2. The van der Waals surface area contributed by atoms with Gasteiger partial charge in [0.05, 0.1) is 40.7 Å². The zero-order valence-electron chi connectivity index (χ0n) is 16.0. The lowest BCUT2D eigenvalue weighted by atomic mass is 10.2. The molecule has 0 unspecified atom stereocenters. The Hall–Kier alpha value is -3.59. The van der Waals surface area contributed by atoms with Crippen LogP contribution in [0.3, 0.4) is 0 Å². The Morgan fingerprint density at radius 2 is 2.10 bits per heavy atom. The second kappa shape index (κ2) is 7.80. The van der Waals surface area contributed by atoms with Crippen molar-refractivity contribution in [2.75, 3.05) is 20.3 Å². The van der Waals surface area contributed by atoms with E-state index in [4.69, 9.17) is 9.26 Å². The van der Waals surface area contributed by atoms with Gasteiger partial charge >= 0.3 is 0 Å². The Labute approximate surface area is 165 Å². The number of ether oxygens (including phenoxy) is 1. The van der Waals surface area contributed by atoms with Crippen LogP contribution in [0.2, 0.25) is 0 Å². The summed E-state index contributed by atoms with van der Waals surface area (Å²) in [5.41, 5.74) is 1.76. The van der Waals surface area contributed by atoms with Crippen LogP contribution >= 0.6 is 0 Å². The van der Waals surface area contributed by atoms with E-state index in [1.54, 1.807) is 43.2 Å². The number of benzene rings is 1. The van der Waals surface area contributed by atoms with Crippen LogP contribution in [-0.4, -0.2) is 51.2 Å². The molecule has 0 aliphatic rings. The molecule has 0 aliphatic heterocycles. The number of aromatic nitrogens is 4. The van der Waals surface area contributed by atoms with Crippen LogP contribution < -0.4 is 5.56 Å². The summed E-state index contributed by atoms with van der Waals surface area (Å²) in [5, 5.41) is 5.05. The van der Waals surface area contributed by atoms with Gasteiger partial charge in [0.2, 0.25) is 0 Å². The highest BCUT2D eigenvalue weighted by Gasteiger charge is 2.20. The molecule has 0 atom stereocenters. The number of hydrogen-bond acceptors (Lipinski definition) is 7. The smallest absolute Gasteiger partial charge is 0.258 e. The number of hydrogen-bond donors (Lipinski definition) is 1. The van der Waals surface area contributed by atoms with E-state index < -0.39 is 0 Å². The molecule has 0 fully saturated rings. The molecule has 0 aliphatic carbocycles. The maximum Gasteiger partial charge on any atom is 0.258 e. The number of pyridine rings is 1. The molecule has 1 amide bonds. The molecule has 0 spiro atoms. The monoisotopic (exact) mass is 393 g/mol. The minimum Gasteiger partial charge on any atom is -0.383 e. The Kier molecular flexibility index (Phi) is 5.05. The van der Waals surface area contributed by atoms with Gasteiger partial charge in [-0.05, 0) is 25.1 Å². The number of methoxy groups -OCH3 is 1. The van der Waals surface area contributed by atoms with Crippen LogP contribution in [0.1, 0.15) is 21.9 Å². The van der Waals surface area contributed by atoms with Crippen molar-refractivity contribution in [2.45, 2.75) is 13.5 Å². The highest BCUT2D eigenvalue weighted by Crippen LogP contribution is 2.18. The number of nitrogens with one attached hydrogen (secondary N) is 1. The lowest BCUT2D eigenvalue weighted by molar-refractivity contribution is 0.0675. The first-order valence-electron chi connectivity index (χ1n) is 9.05. The molecule has 1 aromatic carbocycles. The number of aryl methyl sites for hydroxylation is 1. The number of aromatic amines is 1. The number of nitrogens with zero attached hydrogens (tertiary/aromatic N) is 4. The first-order chi connectivity index (χ1) is 14.1. The van der Waals surface area contributed by atoms with Gasteiger partial charge in [-0.3, -0.25) is 9.59 Å². The molecule has 0 bridgehead atoms. The second-order valence-electron chi connectivity index (χ2n) is 6.59. The molecule has 148 valence electrons. The van der Waals surface area contributed by atoms with Crippen molar-refractivity contribution in [2.24, 2.45) is 0 Å². The minimum atomic E-state index is -0.257. The van der Waals surface area contributed by atoms with E-state index in [1.165, 1.54) is 6.20 Å². The third kappa shape index (κ3) is 3.72. The molecule has 3 heterocycles. The fourth-order valence-corrected chi connectivity index (χ4v) is 3.09. The van der Waals surface area contributed by atoms with Crippen molar-refractivity contribution < 1.29 is 14.1 Å². The van der Waals surface area contributed by atoms with Gasteiger partial charge in [-0.25, -0.2) is 9.97 Å². The molecule has 9 nitrogen and oxygen atoms in total. The van der Waals surface area contributed by atoms with Crippen LogP contribution in [0.25, 0.3) is 22.0 Å². The summed E-state index contributed by atoms with van der Waals surface area (Å²) in [6, 6.07) is 8.77. The van der Waals surface area contributed by atoms with E-state index in [-0.39, 0.29) is 18.0 Å². The van der Waals surface area contributed by atoms with E-state index >= 15 is 0 Å². The van der Waals surface area contributed by atoms with Gasteiger partial charge in [0.15, 0.2) is 0 Å². The molecule has 29 heavy (non-hydrogen) atoms. The maximum atomic E-state index is 13.1. The molecule has 0 saturated heterocycles. The first kappa shape index (κ1) is 18.8. The van der Waals surface area contributed by atoms with Crippen LogP contribution in [0.5, 0.6) is 0 Å². The van der Waals surface area contributed by atoms with E-state index in [0.29, 0.717) is 52.2 Å². The van der Waals surface area contributed by atoms with Crippen molar-refractivity contribution in [3.8, 4) is 0 Å². The number of amides is 1. The number of carbonyl (C=O) groups excluding carboxylic acids is 1. The highest BCUT2D eigenvalue weighted by atomic mass is 16.5. The molecule has 4 rings (SSSR count). The van der Waals surface area contributed by atoms with E-state index in [1.807, 2.05) is 6.07 Å². The fourth-order valence-electron chi connectivity index (χ4n) is 3.09. The summed E-state index contributed by atoms with van der Waals surface area (Å²) in [6.07, 6.45) is 1.45. The topological polar surface area (TPSA) is 114 Å². The number of carbonyl (C=O) groups is 1. The van der Waals surface area contributed by atoms with E-state index in [9.17, 15) is 9.59 Å². The predicted molar refractivity (Wildman–Crippen MR) is 106 cm³/mol. The quantitative estimate of drug-likeness (QED) is 0.533. The summed E-state index contributed by atoms with van der Waals surface area (Å²) in [5.74, 6) is 0.140. The molecule has 1 N–H and O–H groups in total. The lowest BCUT2D eigenvalue weighted by Crippen LogP contribution is -2.34. The van der Waals surface area contributed by atoms with Crippen LogP contribution in [0.4, 0.5) is 0 Å². The van der Waals surface area contributed by atoms with Crippen LogP contribution in [-0.2, 0) is 11.3 Å². The zero-order chi connectivity index (χ0) is 20.4. The Morgan fingerprint density at radius 3 is 2.93 bits per heavy atom. The molecule has 4 aromatic rings. The Bertz CT molecular complexity index is 1250. The fraction of sp³-hybridized carbons (Fsp3) is 0.250. The highest BCUT2D eigenvalue weighted by molar-refractivity contribution is 5.97. The summed E-state index contributed by atoms with van der Waals surface area (Å²) < 4.78 is 10.2. The summed E-state index contributed by atoms with van der Waals surface area (Å²) in [6.45, 7) is 2.58. The van der Waals surface area contributed by atoms with Gasteiger partial charge in [-0.1, -0.05) is 17.3 Å². The number of H-pyrrole nitrogens is 1.